The summed E-state index contributed by atoms with van der Waals surface area (Å²) >= 11 is 0. The van der Waals surface area contributed by atoms with Crippen LogP contribution in [0.4, 0.5) is 92.2 Å². The summed E-state index contributed by atoms with van der Waals surface area (Å²) in [5.74, 6) is -2.91. The third-order valence-corrected chi connectivity index (χ3v) is 29.8. The van der Waals surface area contributed by atoms with Crippen molar-refractivity contribution in [3.63, 3.8) is 0 Å². The van der Waals surface area contributed by atoms with Gasteiger partial charge >= 0.3 is 43.2 Å². The molecule has 21 heteroatoms. The minimum Gasteiger partial charge on any atom is -0.171 e. The van der Waals surface area contributed by atoms with Crippen molar-refractivity contribution in [3.8, 4) is 0 Å². The summed E-state index contributed by atoms with van der Waals surface area (Å²) in [4.78, 5) is 0. The lowest BCUT2D eigenvalue weighted by atomic mass is 9.49. The van der Waals surface area contributed by atoms with Crippen LogP contribution in [0.25, 0.3) is 0 Å². The van der Waals surface area contributed by atoms with E-state index in [0.29, 0.717) is 89.9 Å². The highest BCUT2D eigenvalue weighted by Crippen LogP contribution is 2.66. The van der Waals surface area contributed by atoms with Gasteiger partial charge in [-0.15, -0.1) is 0 Å². The molecular formula is C88H167F21. The Labute approximate surface area is 655 Å². The van der Waals surface area contributed by atoms with Crippen molar-refractivity contribution in [2.75, 3.05) is 0 Å². The van der Waals surface area contributed by atoms with Crippen molar-refractivity contribution >= 4 is 0 Å². The van der Waals surface area contributed by atoms with Crippen LogP contribution in [-0.2, 0) is 0 Å². The summed E-state index contributed by atoms with van der Waals surface area (Å²) in [7, 11) is 0. The van der Waals surface area contributed by atoms with E-state index in [4.69, 9.17) is 0 Å². The van der Waals surface area contributed by atoms with E-state index in [0.717, 1.165) is 12.8 Å². The van der Waals surface area contributed by atoms with Gasteiger partial charge < -0.3 is 0 Å². The lowest BCUT2D eigenvalue weighted by molar-refractivity contribution is -0.301. The second-order valence-electron chi connectivity index (χ2n) is 37.6. The van der Waals surface area contributed by atoms with Gasteiger partial charge in [0.2, 0.25) is 0 Å². The molecule has 0 bridgehead atoms. The molecule has 0 aliphatic heterocycles. The normalized spacial score (nSPS) is 16.8. The van der Waals surface area contributed by atoms with Crippen LogP contribution in [0, 0.1) is 143 Å². The summed E-state index contributed by atoms with van der Waals surface area (Å²) in [6.45, 7) is 70.3. The number of alkyl halides is 21. The largest absolute Gasteiger partial charge is 0.395 e. The fourth-order valence-corrected chi connectivity index (χ4v) is 20.3. The molecule has 1 aliphatic rings. The summed E-state index contributed by atoms with van der Waals surface area (Å²) in [6.07, 6.45) is -19.8. The Morgan fingerprint density at radius 2 is 0.450 bits per heavy atom. The highest BCUT2D eigenvalue weighted by Gasteiger charge is 2.68. The Balaban J connectivity index is -0.000000286. The Kier molecular flexibility index (Phi) is 49.4. The van der Waals surface area contributed by atoms with Crippen LogP contribution in [0.2, 0.25) is 0 Å². The lowest BCUT2D eigenvalue weighted by Gasteiger charge is -2.57. The summed E-state index contributed by atoms with van der Waals surface area (Å²) in [5, 5.41) is 0. The van der Waals surface area contributed by atoms with Gasteiger partial charge in [0.15, 0.2) is 0 Å². The Bertz CT molecular complexity index is 2260. The molecule has 1 fully saturated rings. The van der Waals surface area contributed by atoms with Crippen LogP contribution in [0.1, 0.15) is 380 Å². The molecule has 0 N–H and O–H groups in total. The third kappa shape index (κ3) is 27.6. The van der Waals surface area contributed by atoms with Gasteiger partial charge in [-0.05, 0) is 163 Å². The maximum absolute atomic E-state index is 14.0. The molecule has 1 saturated carbocycles. The van der Waals surface area contributed by atoms with Crippen molar-refractivity contribution in [3.05, 3.63) is 0 Å². The standard InChI is InChI=1S/C17H33F3.C15H29F3.2C13H25F3.C12H23F3.C11H21F3.C7H11F3/c1-10(2)14(11(3)4)16(9,17(18,19)20)15(12(5)6)13(7)8;1-8-12(5,9-2)14(7,15(16,17)18)13(6,10-3)11-4;1-8(2)11(9(3)4)12(7,10(5)6)13(14,15)16;1-6-10(7-2)12(5,13(14,15)16)11(8-3)9-4;1-7-10(5,8-2)11(6,9(3)4)12(13,14)15;1-6-9(7-2)10(5,8(3)4)11(12,13)14;1-6(7(8,9)10)4-2-3-5-6/h10-15H,1-9H3;8-11H2,1-7H3;8-11H,1-7H3;10-11H,6-9H2,1-5H3;9H,7-8H2,1-6H3;8-9H,6-7H2,1-5H3;2-5H2,1H3. The molecule has 1 aliphatic carbocycles. The van der Waals surface area contributed by atoms with E-state index in [1.54, 1.807) is 62.3 Å². The van der Waals surface area contributed by atoms with Gasteiger partial charge in [-0.1, -0.05) is 321 Å². The van der Waals surface area contributed by atoms with Gasteiger partial charge in [-0.25, -0.2) is 0 Å². The van der Waals surface area contributed by atoms with E-state index in [9.17, 15) is 92.2 Å². The summed E-state index contributed by atoms with van der Waals surface area (Å²) < 4.78 is 279. The number of hydrogen-bond acceptors (Lipinski definition) is 0. The van der Waals surface area contributed by atoms with Crippen LogP contribution in [0.3, 0.4) is 0 Å². The Morgan fingerprint density at radius 1 is 0.248 bits per heavy atom. The first-order valence-electron chi connectivity index (χ1n) is 41.7. The van der Waals surface area contributed by atoms with Gasteiger partial charge in [0, 0.05) is 0 Å². The maximum atomic E-state index is 14.0. The molecule has 0 aromatic heterocycles. The molecule has 0 aromatic carbocycles. The van der Waals surface area contributed by atoms with Crippen LogP contribution in [0.15, 0.2) is 0 Å². The zero-order valence-electron chi connectivity index (χ0n) is 76.4. The maximum Gasteiger partial charge on any atom is 0.395 e. The van der Waals surface area contributed by atoms with Crippen molar-refractivity contribution in [2.45, 2.75) is 423 Å². The Morgan fingerprint density at radius 3 is 0.550 bits per heavy atom. The average Bonchev–Trinajstić information content (AvgIpc) is 0.837. The van der Waals surface area contributed by atoms with Crippen LogP contribution < -0.4 is 0 Å². The van der Waals surface area contributed by atoms with Crippen LogP contribution >= 0.6 is 0 Å². The summed E-state index contributed by atoms with van der Waals surface area (Å²) in [5.41, 5.74) is -13.1. The van der Waals surface area contributed by atoms with E-state index < -0.39 is 109 Å². The lowest BCUT2D eigenvalue weighted by Crippen LogP contribution is -2.57. The number of hydrogen-bond donors (Lipinski definition) is 0. The van der Waals surface area contributed by atoms with Gasteiger partial charge in [0.1, 0.15) is 0 Å². The molecule has 3 unspecified atom stereocenters. The first kappa shape index (κ1) is 118. The van der Waals surface area contributed by atoms with E-state index >= 15 is 0 Å². The van der Waals surface area contributed by atoms with Crippen molar-refractivity contribution in [1.82, 2.24) is 0 Å². The molecular weight excluding hydrogens is 1460 g/mol. The molecule has 0 saturated heterocycles. The Hall–Kier alpha value is -1.47. The number of rotatable bonds is 30. The average molecular weight is 1620 g/mol. The first-order valence-corrected chi connectivity index (χ1v) is 41.7. The smallest absolute Gasteiger partial charge is 0.171 e. The molecule has 0 amide bonds. The zero-order chi connectivity index (χ0) is 89.5. The van der Waals surface area contributed by atoms with E-state index in [2.05, 4.69) is 0 Å². The SMILES string of the molecule is CC(C)C(C(C)C)C(C)(C(C(C)C)C(C)C)C(F)(F)F.CC(C)C(C(C)C)C(C)(C(C)C)C(F)(F)F.CC1(C(F)(F)F)CCCC1.CCC(C)(CC)C(C)(C(C)C)C(F)(F)F.CCC(C)(CC)C(C)(C(F)(F)F)C(C)(CC)CC.CCC(CC)C(C)(C(C)C)C(F)(F)F.CCC(CC)C(C)(C(CC)CC)C(F)(F)F. The predicted octanol–water partition coefficient (Wildman–Crippen LogP) is 36.0. The molecule has 0 spiro atoms. The van der Waals surface area contributed by atoms with Crippen molar-refractivity contribution in [1.29, 1.82) is 0 Å². The third-order valence-electron chi connectivity index (χ3n) is 29.8. The van der Waals surface area contributed by atoms with Gasteiger partial charge in [-0.2, -0.15) is 92.2 Å². The molecule has 0 nitrogen and oxygen atoms in total. The highest BCUT2D eigenvalue weighted by atomic mass is 19.4. The molecule has 0 heterocycles. The molecule has 3 atom stereocenters. The summed E-state index contributed by atoms with van der Waals surface area (Å²) in [6, 6.07) is 0. The fourth-order valence-electron chi connectivity index (χ4n) is 20.3. The van der Waals surface area contributed by atoms with E-state index in [1.165, 1.54) is 48.5 Å². The second kappa shape index (κ2) is 45.5. The van der Waals surface area contributed by atoms with Crippen molar-refractivity contribution < 1.29 is 92.2 Å². The van der Waals surface area contributed by atoms with E-state index in [1.807, 2.05) is 166 Å². The minimum absolute atomic E-state index is 0.0154. The second-order valence-corrected chi connectivity index (χ2v) is 37.6. The van der Waals surface area contributed by atoms with Crippen molar-refractivity contribution in [2.24, 2.45) is 143 Å². The van der Waals surface area contributed by atoms with Gasteiger partial charge in [-0.3, -0.25) is 0 Å². The zero-order valence-corrected chi connectivity index (χ0v) is 76.4. The molecule has 0 radical (unpaired) electrons. The van der Waals surface area contributed by atoms with E-state index in [-0.39, 0.29) is 76.9 Å². The predicted molar refractivity (Wildman–Crippen MR) is 420 cm³/mol. The molecule has 109 heavy (non-hydrogen) atoms. The highest BCUT2D eigenvalue weighted by molar-refractivity contribution is 5.06. The molecule has 666 valence electrons. The van der Waals surface area contributed by atoms with Crippen LogP contribution in [0.5, 0.6) is 0 Å². The van der Waals surface area contributed by atoms with Crippen LogP contribution in [-0.4, -0.2) is 43.2 Å². The molecule has 0 aromatic rings. The monoisotopic (exact) mass is 1620 g/mol. The number of halogens is 21. The van der Waals surface area contributed by atoms with Gasteiger partial charge in [0.25, 0.3) is 0 Å². The quantitative estimate of drug-likeness (QED) is 0.0629. The van der Waals surface area contributed by atoms with Gasteiger partial charge in [0.05, 0.1) is 37.9 Å². The topological polar surface area (TPSA) is 0 Å². The fraction of sp³-hybridized carbons (Fsp3) is 1.00. The first-order chi connectivity index (χ1) is 48.3. The molecule has 1 rings (SSSR count). The minimum atomic E-state index is -4.18.